The number of morpholine rings is 2. The topological polar surface area (TPSA) is 101 Å². The molecule has 0 atom stereocenters. The number of carbonyl (C=O) groups excluding carboxylic acids is 1. The summed E-state index contributed by atoms with van der Waals surface area (Å²) < 4.78 is 38.1. The Morgan fingerprint density at radius 3 is 2.32 bits per heavy atom. The van der Waals surface area contributed by atoms with E-state index in [-0.39, 0.29) is 10.8 Å². The maximum absolute atomic E-state index is 13.0. The van der Waals surface area contributed by atoms with Gasteiger partial charge in [0.2, 0.25) is 10.0 Å². The third-order valence-electron chi connectivity index (χ3n) is 5.38. The lowest BCUT2D eigenvalue weighted by Crippen LogP contribution is -2.40. The fraction of sp³-hybridized carbons (Fsp3) is 0.429. The number of aryl methyl sites for hydroxylation is 1. The van der Waals surface area contributed by atoms with Crippen LogP contribution in [0.4, 0.5) is 11.5 Å². The minimum absolute atomic E-state index is 0.188. The van der Waals surface area contributed by atoms with Gasteiger partial charge in [0, 0.05) is 38.1 Å². The van der Waals surface area contributed by atoms with Crippen LogP contribution >= 0.6 is 0 Å². The summed E-state index contributed by atoms with van der Waals surface area (Å²) in [7, 11) is -3.66. The average molecular weight is 447 g/mol. The molecule has 2 saturated heterocycles. The summed E-state index contributed by atoms with van der Waals surface area (Å²) in [5, 5.41) is 2.78. The Kier molecular flexibility index (Phi) is 6.51. The molecule has 1 N–H and O–H groups in total. The summed E-state index contributed by atoms with van der Waals surface area (Å²) in [6, 6.07) is 8.42. The van der Waals surface area contributed by atoms with Crippen LogP contribution in [0.3, 0.4) is 0 Å². The van der Waals surface area contributed by atoms with E-state index in [2.05, 4.69) is 15.2 Å². The van der Waals surface area contributed by atoms with Crippen LogP contribution in [0.15, 0.2) is 41.4 Å². The van der Waals surface area contributed by atoms with Crippen molar-refractivity contribution in [1.82, 2.24) is 9.29 Å². The number of benzene rings is 1. The number of rotatable bonds is 5. The molecule has 2 aromatic rings. The second kappa shape index (κ2) is 9.31. The van der Waals surface area contributed by atoms with Crippen LogP contribution in [-0.4, -0.2) is 76.2 Å². The Labute approximate surface area is 182 Å². The van der Waals surface area contributed by atoms with E-state index in [1.54, 1.807) is 25.1 Å². The highest BCUT2D eigenvalue weighted by molar-refractivity contribution is 7.89. The van der Waals surface area contributed by atoms with Gasteiger partial charge in [0.15, 0.2) is 0 Å². The van der Waals surface area contributed by atoms with Crippen molar-refractivity contribution < 1.29 is 22.7 Å². The van der Waals surface area contributed by atoms with Crippen LogP contribution in [0.1, 0.15) is 15.9 Å². The second-order valence-corrected chi connectivity index (χ2v) is 9.36. The summed E-state index contributed by atoms with van der Waals surface area (Å²) in [6.07, 6.45) is 1.53. The van der Waals surface area contributed by atoms with Crippen molar-refractivity contribution >= 4 is 27.4 Å². The van der Waals surface area contributed by atoms with Crippen LogP contribution in [0, 0.1) is 6.92 Å². The first kappa shape index (κ1) is 21.7. The molecular formula is C21H26N4O5S. The Morgan fingerprint density at radius 1 is 1.00 bits per heavy atom. The fourth-order valence-corrected chi connectivity index (χ4v) is 5.24. The molecule has 0 spiro atoms. The monoisotopic (exact) mass is 446 g/mol. The van der Waals surface area contributed by atoms with Crippen molar-refractivity contribution in [3.8, 4) is 0 Å². The number of hydrogen-bond acceptors (Lipinski definition) is 7. The highest BCUT2D eigenvalue weighted by Gasteiger charge is 2.28. The number of amides is 1. The minimum atomic E-state index is -3.66. The number of nitrogens with one attached hydrogen (secondary N) is 1. The standard InChI is InChI=1S/C21H26N4O5S/c1-16-2-4-18(14-19(16)31(27,28)25-8-12-30-13-9-25)23-21(26)17-3-5-20(22-15-17)24-6-10-29-11-7-24/h2-5,14-15H,6-13H2,1H3,(H,23,26). The van der Waals surface area contributed by atoms with Crippen LogP contribution < -0.4 is 10.2 Å². The van der Waals surface area contributed by atoms with Crippen molar-refractivity contribution in [2.45, 2.75) is 11.8 Å². The van der Waals surface area contributed by atoms with E-state index in [0.29, 0.717) is 56.3 Å². The number of nitrogens with zero attached hydrogens (tertiary/aromatic N) is 3. The summed E-state index contributed by atoms with van der Waals surface area (Å²) in [4.78, 5) is 19.4. The number of pyridine rings is 1. The average Bonchev–Trinajstić information content (AvgIpc) is 2.81. The predicted molar refractivity (Wildman–Crippen MR) is 116 cm³/mol. The van der Waals surface area contributed by atoms with E-state index in [4.69, 9.17) is 9.47 Å². The molecule has 2 aliphatic rings. The lowest BCUT2D eigenvalue weighted by atomic mass is 10.2. The van der Waals surface area contributed by atoms with Gasteiger partial charge in [-0.15, -0.1) is 0 Å². The maximum Gasteiger partial charge on any atom is 0.257 e. The Bertz CT molecular complexity index is 1030. The molecule has 3 heterocycles. The zero-order chi connectivity index (χ0) is 21.8. The zero-order valence-corrected chi connectivity index (χ0v) is 18.2. The molecule has 1 aromatic heterocycles. The van der Waals surface area contributed by atoms with Crippen LogP contribution in [0.5, 0.6) is 0 Å². The third kappa shape index (κ3) is 4.87. The second-order valence-electron chi connectivity index (χ2n) is 7.46. The number of aromatic nitrogens is 1. The minimum Gasteiger partial charge on any atom is -0.379 e. The number of sulfonamides is 1. The third-order valence-corrected chi connectivity index (χ3v) is 7.42. The number of hydrogen-bond donors (Lipinski definition) is 1. The van der Waals surface area contributed by atoms with E-state index in [1.165, 1.54) is 16.6 Å². The molecule has 0 aliphatic carbocycles. The van der Waals surface area contributed by atoms with Gasteiger partial charge < -0.3 is 19.7 Å². The number of anilines is 2. The van der Waals surface area contributed by atoms with Crippen molar-refractivity contribution in [3.63, 3.8) is 0 Å². The normalized spacial score (nSPS) is 18.0. The predicted octanol–water partition coefficient (Wildman–Crippen LogP) is 1.50. The van der Waals surface area contributed by atoms with Gasteiger partial charge in [-0.1, -0.05) is 6.07 Å². The molecule has 1 amide bonds. The first-order chi connectivity index (χ1) is 14.9. The van der Waals surface area contributed by atoms with Crippen molar-refractivity contribution in [2.24, 2.45) is 0 Å². The van der Waals surface area contributed by atoms with Gasteiger partial charge >= 0.3 is 0 Å². The number of carbonyl (C=O) groups is 1. The van der Waals surface area contributed by atoms with E-state index in [9.17, 15) is 13.2 Å². The van der Waals surface area contributed by atoms with Gasteiger partial charge in [0.25, 0.3) is 5.91 Å². The fourth-order valence-electron chi connectivity index (χ4n) is 3.58. The van der Waals surface area contributed by atoms with Gasteiger partial charge in [0.1, 0.15) is 5.82 Å². The van der Waals surface area contributed by atoms with E-state index >= 15 is 0 Å². The molecule has 2 aliphatic heterocycles. The molecule has 0 saturated carbocycles. The molecule has 0 unspecified atom stereocenters. The van der Waals surface area contributed by atoms with Crippen LogP contribution in [0.2, 0.25) is 0 Å². The quantitative estimate of drug-likeness (QED) is 0.743. The molecule has 0 bridgehead atoms. The first-order valence-corrected chi connectivity index (χ1v) is 11.7. The van der Waals surface area contributed by atoms with Gasteiger partial charge in [0.05, 0.1) is 36.9 Å². The van der Waals surface area contributed by atoms with E-state index in [0.717, 1.165) is 18.9 Å². The van der Waals surface area contributed by atoms with Gasteiger partial charge in [-0.05, 0) is 36.8 Å². The summed E-state index contributed by atoms with van der Waals surface area (Å²) in [5.74, 6) is 0.452. The summed E-state index contributed by atoms with van der Waals surface area (Å²) in [6.45, 7) is 5.99. The van der Waals surface area contributed by atoms with Crippen LogP contribution in [-0.2, 0) is 19.5 Å². The lowest BCUT2D eigenvalue weighted by Gasteiger charge is -2.27. The van der Waals surface area contributed by atoms with E-state index < -0.39 is 10.0 Å². The largest absolute Gasteiger partial charge is 0.379 e. The van der Waals surface area contributed by atoms with Crippen molar-refractivity contribution in [1.29, 1.82) is 0 Å². The first-order valence-electron chi connectivity index (χ1n) is 10.2. The molecule has 166 valence electrons. The van der Waals surface area contributed by atoms with Crippen molar-refractivity contribution in [2.75, 3.05) is 62.8 Å². The Morgan fingerprint density at radius 2 is 1.68 bits per heavy atom. The molecule has 10 heteroatoms. The Hall–Kier alpha value is -2.53. The highest BCUT2D eigenvalue weighted by Crippen LogP contribution is 2.25. The molecule has 1 aromatic carbocycles. The molecular weight excluding hydrogens is 420 g/mol. The van der Waals surface area contributed by atoms with Gasteiger partial charge in [-0.3, -0.25) is 4.79 Å². The lowest BCUT2D eigenvalue weighted by molar-refractivity contribution is 0.0730. The zero-order valence-electron chi connectivity index (χ0n) is 17.4. The van der Waals surface area contributed by atoms with E-state index in [1.807, 2.05) is 6.07 Å². The molecule has 0 radical (unpaired) electrons. The van der Waals surface area contributed by atoms with Crippen molar-refractivity contribution in [3.05, 3.63) is 47.7 Å². The van der Waals surface area contributed by atoms with Gasteiger partial charge in [-0.2, -0.15) is 4.31 Å². The van der Waals surface area contributed by atoms with Crippen LogP contribution in [0.25, 0.3) is 0 Å². The van der Waals surface area contributed by atoms with Gasteiger partial charge in [-0.25, -0.2) is 13.4 Å². The molecule has 31 heavy (non-hydrogen) atoms. The SMILES string of the molecule is Cc1ccc(NC(=O)c2ccc(N3CCOCC3)nc2)cc1S(=O)(=O)N1CCOCC1. The molecule has 9 nitrogen and oxygen atoms in total. The number of ether oxygens (including phenoxy) is 2. The smallest absolute Gasteiger partial charge is 0.257 e. The molecule has 4 rings (SSSR count). The Balaban J connectivity index is 1.49. The highest BCUT2D eigenvalue weighted by atomic mass is 32.2. The maximum atomic E-state index is 13.0. The molecule has 2 fully saturated rings. The summed E-state index contributed by atoms with van der Waals surface area (Å²) >= 11 is 0. The summed E-state index contributed by atoms with van der Waals surface area (Å²) in [5.41, 5.74) is 1.44.